The van der Waals surface area contributed by atoms with Crippen LogP contribution in [-0.2, 0) is 12.8 Å². The van der Waals surface area contributed by atoms with Crippen molar-refractivity contribution in [3.05, 3.63) is 95.6 Å². The number of rotatable bonds is 8. The van der Waals surface area contributed by atoms with Gasteiger partial charge in [-0.25, -0.2) is 4.39 Å². The number of hydrogen-bond acceptors (Lipinski definition) is 3. The van der Waals surface area contributed by atoms with E-state index in [0.29, 0.717) is 24.2 Å². The van der Waals surface area contributed by atoms with Crippen molar-refractivity contribution in [2.24, 2.45) is 0 Å². The molecule has 0 aliphatic heterocycles. The highest BCUT2D eigenvalue weighted by atomic mass is 19.1. The van der Waals surface area contributed by atoms with Gasteiger partial charge in [0.2, 0.25) is 0 Å². The Kier molecular flexibility index (Phi) is 6.52. The number of halogens is 1. The van der Waals surface area contributed by atoms with Crippen LogP contribution in [0.3, 0.4) is 0 Å². The minimum atomic E-state index is -0.266. The summed E-state index contributed by atoms with van der Waals surface area (Å²) in [6.07, 6.45) is 2.94. The van der Waals surface area contributed by atoms with E-state index in [0.717, 1.165) is 18.7 Å². The Morgan fingerprint density at radius 1 is 0.926 bits per heavy atom. The summed E-state index contributed by atoms with van der Waals surface area (Å²) < 4.78 is 13.6. The van der Waals surface area contributed by atoms with E-state index in [9.17, 15) is 9.18 Å². The monoisotopic (exact) mass is 363 g/mol. The van der Waals surface area contributed by atoms with Gasteiger partial charge in [0.15, 0.2) is 0 Å². The molecule has 0 radical (unpaired) electrons. The molecule has 3 rings (SSSR count). The molecule has 2 N–H and O–H groups in total. The molecule has 0 atom stereocenters. The van der Waals surface area contributed by atoms with E-state index < -0.39 is 0 Å². The van der Waals surface area contributed by atoms with E-state index in [-0.39, 0.29) is 11.7 Å². The van der Waals surface area contributed by atoms with Crippen LogP contribution in [0.2, 0.25) is 0 Å². The maximum absolute atomic E-state index is 13.6. The van der Waals surface area contributed by atoms with Gasteiger partial charge < -0.3 is 10.6 Å². The minimum absolute atomic E-state index is 0.255. The predicted octanol–water partition coefficient (Wildman–Crippen LogP) is 3.85. The summed E-state index contributed by atoms with van der Waals surface area (Å²) in [4.78, 5) is 16.4. The van der Waals surface area contributed by atoms with E-state index >= 15 is 0 Å². The lowest BCUT2D eigenvalue weighted by Crippen LogP contribution is -2.26. The van der Waals surface area contributed by atoms with Crippen molar-refractivity contribution in [2.45, 2.75) is 12.8 Å². The summed E-state index contributed by atoms with van der Waals surface area (Å²) >= 11 is 0. The molecule has 0 saturated heterocycles. The third-order valence-electron chi connectivity index (χ3n) is 4.22. The van der Waals surface area contributed by atoms with Crippen LogP contribution < -0.4 is 10.6 Å². The summed E-state index contributed by atoms with van der Waals surface area (Å²) in [7, 11) is 0. The molecule has 0 saturated carbocycles. The lowest BCUT2D eigenvalue weighted by molar-refractivity contribution is 0.0949. The van der Waals surface area contributed by atoms with Gasteiger partial charge in [0, 0.05) is 25.0 Å². The number of aromatic nitrogens is 1. The fourth-order valence-electron chi connectivity index (χ4n) is 2.76. The smallest absolute Gasteiger partial charge is 0.269 e. The first-order chi connectivity index (χ1) is 13.2. The zero-order valence-electron chi connectivity index (χ0n) is 15.0. The largest absolute Gasteiger partial charge is 0.385 e. The van der Waals surface area contributed by atoms with E-state index in [1.807, 2.05) is 24.3 Å². The van der Waals surface area contributed by atoms with Crippen LogP contribution in [0, 0.1) is 5.82 Å². The number of amides is 1. The fraction of sp³-hybridized carbons (Fsp3) is 0.182. The summed E-state index contributed by atoms with van der Waals surface area (Å²) in [5.41, 5.74) is 3.03. The van der Waals surface area contributed by atoms with E-state index in [1.54, 1.807) is 30.5 Å². The van der Waals surface area contributed by atoms with Gasteiger partial charge in [-0.1, -0.05) is 48.5 Å². The fourth-order valence-corrected chi connectivity index (χ4v) is 2.76. The maximum atomic E-state index is 13.6. The second kappa shape index (κ2) is 9.48. The minimum Gasteiger partial charge on any atom is -0.385 e. The van der Waals surface area contributed by atoms with Gasteiger partial charge in [-0.15, -0.1) is 0 Å². The second-order valence-electron chi connectivity index (χ2n) is 6.19. The van der Waals surface area contributed by atoms with Crippen molar-refractivity contribution in [3.8, 4) is 0 Å². The van der Waals surface area contributed by atoms with Gasteiger partial charge in [-0.05, 0) is 42.2 Å². The first-order valence-corrected chi connectivity index (χ1v) is 8.98. The molecule has 2 aromatic carbocycles. The van der Waals surface area contributed by atoms with Gasteiger partial charge in [-0.2, -0.15) is 0 Å². The van der Waals surface area contributed by atoms with Gasteiger partial charge in [0.1, 0.15) is 11.5 Å². The first kappa shape index (κ1) is 18.6. The molecule has 1 aromatic heterocycles. The van der Waals surface area contributed by atoms with Crippen molar-refractivity contribution < 1.29 is 9.18 Å². The molecule has 27 heavy (non-hydrogen) atoms. The summed E-state index contributed by atoms with van der Waals surface area (Å²) in [6, 6.07) is 20.3. The zero-order valence-corrected chi connectivity index (χ0v) is 15.0. The summed E-state index contributed by atoms with van der Waals surface area (Å²) in [5.74, 6) is -0.521. The van der Waals surface area contributed by atoms with Gasteiger partial charge >= 0.3 is 0 Å². The molecule has 1 heterocycles. The van der Waals surface area contributed by atoms with E-state index in [2.05, 4.69) is 27.8 Å². The Hall–Kier alpha value is -3.21. The van der Waals surface area contributed by atoms with Gasteiger partial charge in [0.05, 0.1) is 0 Å². The number of anilines is 1. The number of carbonyl (C=O) groups is 1. The molecule has 1 amide bonds. The molecule has 0 unspecified atom stereocenters. The molecule has 0 aliphatic rings. The third kappa shape index (κ3) is 5.64. The highest BCUT2D eigenvalue weighted by Crippen LogP contribution is 2.10. The van der Waals surface area contributed by atoms with Gasteiger partial charge in [-0.3, -0.25) is 9.78 Å². The zero-order chi connectivity index (χ0) is 18.9. The topological polar surface area (TPSA) is 54.0 Å². The van der Waals surface area contributed by atoms with E-state index in [4.69, 9.17) is 0 Å². The van der Waals surface area contributed by atoms with Crippen LogP contribution in [0.4, 0.5) is 10.1 Å². The highest BCUT2D eigenvalue weighted by molar-refractivity contribution is 5.93. The van der Waals surface area contributed by atoms with Crippen molar-refractivity contribution in [3.63, 3.8) is 0 Å². The third-order valence-corrected chi connectivity index (χ3v) is 4.22. The molecular weight excluding hydrogens is 341 g/mol. The molecule has 3 aromatic rings. The quantitative estimate of drug-likeness (QED) is 0.639. The van der Waals surface area contributed by atoms with Crippen molar-refractivity contribution >= 4 is 11.6 Å². The molecule has 0 fully saturated rings. The molecule has 4 nitrogen and oxygen atoms in total. The number of hydrogen-bond donors (Lipinski definition) is 2. The maximum Gasteiger partial charge on any atom is 0.269 e. The Morgan fingerprint density at radius 3 is 2.52 bits per heavy atom. The number of nitrogens with zero attached hydrogens (tertiary/aromatic N) is 1. The molecule has 5 heteroatoms. The number of nitrogens with one attached hydrogen (secondary N) is 2. The summed E-state index contributed by atoms with van der Waals surface area (Å²) in [6.45, 7) is 1.12. The number of pyridine rings is 1. The van der Waals surface area contributed by atoms with E-state index in [1.165, 1.54) is 11.6 Å². The standard InChI is InChI=1S/C22H22FN3O/c23-20-9-5-4-8-18(20)11-14-26-22(27)21-16-19(12-15-25-21)24-13-10-17-6-2-1-3-7-17/h1-9,12,15-16H,10-11,13-14H2,(H,24,25)(H,26,27). The van der Waals surface area contributed by atoms with Crippen molar-refractivity contribution in [1.82, 2.24) is 10.3 Å². The molecule has 0 aliphatic carbocycles. The molecule has 138 valence electrons. The Morgan fingerprint density at radius 2 is 1.70 bits per heavy atom. The summed E-state index contributed by atoms with van der Waals surface area (Å²) in [5, 5.41) is 6.10. The Labute approximate surface area is 158 Å². The predicted molar refractivity (Wildman–Crippen MR) is 105 cm³/mol. The Bertz CT molecular complexity index is 883. The number of benzene rings is 2. The average Bonchev–Trinajstić information content (AvgIpc) is 2.70. The van der Waals surface area contributed by atoms with Crippen LogP contribution in [0.25, 0.3) is 0 Å². The molecule has 0 spiro atoms. The van der Waals surface area contributed by atoms with Crippen LogP contribution >= 0.6 is 0 Å². The lowest BCUT2D eigenvalue weighted by atomic mass is 10.1. The van der Waals surface area contributed by atoms with Crippen molar-refractivity contribution in [1.29, 1.82) is 0 Å². The van der Waals surface area contributed by atoms with Crippen LogP contribution in [0.5, 0.6) is 0 Å². The average molecular weight is 363 g/mol. The number of carbonyl (C=O) groups excluding carboxylic acids is 1. The Balaban J connectivity index is 1.48. The van der Waals surface area contributed by atoms with Crippen LogP contribution in [0.1, 0.15) is 21.6 Å². The highest BCUT2D eigenvalue weighted by Gasteiger charge is 2.08. The first-order valence-electron chi connectivity index (χ1n) is 8.98. The normalized spacial score (nSPS) is 10.4. The molecule has 0 bridgehead atoms. The van der Waals surface area contributed by atoms with Gasteiger partial charge in [0.25, 0.3) is 5.91 Å². The second-order valence-corrected chi connectivity index (χ2v) is 6.19. The molecular formula is C22H22FN3O. The van der Waals surface area contributed by atoms with Crippen LogP contribution in [0.15, 0.2) is 72.9 Å². The van der Waals surface area contributed by atoms with Crippen molar-refractivity contribution in [2.75, 3.05) is 18.4 Å². The van der Waals surface area contributed by atoms with Crippen LogP contribution in [-0.4, -0.2) is 24.0 Å². The SMILES string of the molecule is O=C(NCCc1ccccc1F)c1cc(NCCc2ccccc2)ccn1. The lowest BCUT2D eigenvalue weighted by Gasteiger charge is -2.09.